The molecule has 3 nitrogen and oxygen atoms in total. The molecule has 0 aliphatic rings. The quantitative estimate of drug-likeness (QED) is 0.741. The molecule has 0 unspecified atom stereocenters. The average molecular weight is 201 g/mol. The minimum Gasteiger partial charge on any atom is -0.545 e. The molecule has 15 heavy (non-hydrogen) atoms. The van der Waals surface area contributed by atoms with Crippen molar-refractivity contribution < 1.29 is 14.3 Å². The van der Waals surface area contributed by atoms with Gasteiger partial charge in [0.15, 0.2) is 0 Å². The van der Waals surface area contributed by atoms with Gasteiger partial charge < -0.3 is 14.3 Å². The maximum absolute atomic E-state index is 10.8. The second-order valence-corrected chi connectivity index (χ2v) is 3.24. The summed E-state index contributed by atoms with van der Waals surface area (Å²) in [6.45, 7) is 1.81. The summed E-state index contributed by atoms with van der Waals surface area (Å²) >= 11 is 0. The van der Waals surface area contributed by atoms with Gasteiger partial charge in [-0.2, -0.15) is 0 Å². The van der Waals surface area contributed by atoms with Crippen molar-refractivity contribution in [2.75, 3.05) is 0 Å². The van der Waals surface area contributed by atoms with Gasteiger partial charge in [-0.15, -0.1) is 0 Å². The van der Waals surface area contributed by atoms with E-state index in [1.165, 1.54) is 6.07 Å². The van der Waals surface area contributed by atoms with Crippen LogP contribution in [0.4, 0.5) is 0 Å². The second kappa shape index (κ2) is 3.61. The molecule has 0 atom stereocenters. The van der Waals surface area contributed by atoms with Crippen LogP contribution in [0.3, 0.4) is 0 Å². The van der Waals surface area contributed by atoms with Crippen molar-refractivity contribution in [3.8, 4) is 11.3 Å². The molecule has 3 heteroatoms. The Bertz CT molecular complexity index is 497. The van der Waals surface area contributed by atoms with Crippen LogP contribution in [0.1, 0.15) is 16.1 Å². The molecule has 0 radical (unpaired) electrons. The van der Waals surface area contributed by atoms with E-state index in [-0.39, 0.29) is 5.56 Å². The lowest BCUT2D eigenvalue weighted by atomic mass is 10.1. The van der Waals surface area contributed by atoms with E-state index in [0.29, 0.717) is 11.3 Å². The Morgan fingerprint density at radius 1 is 1.20 bits per heavy atom. The summed E-state index contributed by atoms with van der Waals surface area (Å²) in [5.74, 6) is 0.102. The number of hydrogen-bond acceptors (Lipinski definition) is 3. The van der Waals surface area contributed by atoms with Gasteiger partial charge in [-0.05, 0) is 19.1 Å². The third-order valence-corrected chi connectivity index (χ3v) is 2.15. The van der Waals surface area contributed by atoms with Gasteiger partial charge in [0.1, 0.15) is 11.5 Å². The van der Waals surface area contributed by atoms with E-state index < -0.39 is 5.97 Å². The highest BCUT2D eigenvalue weighted by Gasteiger charge is 2.08. The van der Waals surface area contributed by atoms with Gasteiger partial charge in [0.25, 0.3) is 0 Å². The standard InChI is InChI=1S/C12H10O3/c1-8-6-7-11(15-8)9-4-2-3-5-10(9)12(13)14/h2-7H,1H3,(H,13,14)/p-1. The number of carboxylic acid groups (broad SMARTS) is 1. The van der Waals surface area contributed by atoms with Gasteiger partial charge in [0, 0.05) is 11.1 Å². The summed E-state index contributed by atoms with van der Waals surface area (Å²) < 4.78 is 5.37. The van der Waals surface area contributed by atoms with Crippen LogP contribution in [0.5, 0.6) is 0 Å². The molecule has 2 aromatic rings. The van der Waals surface area contributed by atoms with E-state index in [1.807, 2.05) is 6.92 Å². The smallest absolute Gasteiger partial charge is 0.134 e. The van der Waals surface area contributed by atoms with Crippen LogP contribution in [-0.2, 0) is 0 Å². The first kappa shape index (κ1) is 9.52. The zero-order chi connectivity index (χ0) is 10.8. The maximum Gasteiger partial charge on any atom is 0.134 e. The third kappa shape index (κ3) is 1.76. The minimum absolute atomic E-state index is 0.145. The molecule has 1 aromatic carbocycles. The molecule has 0 fully saturated rings. The molecule has 0 saturated heterocycles. The van der Waals surface area contributed by atoms with Crippen LogP contribution in [0, 0.1) is 6.92 Å². The van der Waals surface area contributed by atoms with Crippen LogP contribution in [0.15, 0.2) is 40.8 Å². The van der Waals surface area contributed by atoms with Crippen molar-refractivity contribution >= 4 is 5.97 Å². The van der Waals surface area contributed by atoms with E-state index in [4.69, 9.17) is 4.42 Å². The van der Waals surface area contributed by atoms with Crippen LogP contribution >= 0.6 is 0 Å². The number of hydrogen-bond donors (Lipinski definition) is 0. The van der Waals surface area contributed by atoms with Crippen molar-refractivity contribution in [3.05, 3.63) is 47.7 Å². The molecule has 76 valence electrons. The summed E-state index contributed by atoms with van der Waals surface area (Å²) in [6, 6.07) is 10.2. The zero-order valence-electron chi connectivity index (χ0n) is 8.19. The first-order chi connectivity index (χ1) is 7.18. The average Bonchev–Trinajstić information content (AvgIpc) is 2.65. The van der Waals surface area contributed by atoms with E-state index in [2.05, 4.69) is 0 Å². The van der Waals surface area contributed by atoms with Crippen molar-refractivity contribution in [2.24, 2.45) is 0 Å². The Kier molecular flexibility index (Phi) is 2.29. The van der Waals surface area contributed by atoms with Gasteiger partial charge >= 0.3 is 0 Å². The lowest BCUT2D eigenvalue weighted by Gasteiger charge is -2.07. The molecule has 0 amide bonds. The normalized spacial score (nSPS) is 10.2. The summed E-state index contributed by atoms with van der Waals surface area (Å²) in [5, 5.41) is 10.8. The monoisotopic (exact) mass is 201 g/mol. The largest absolute Gasteiger partial charge is 0.545 e. The van der Waals surface area contributed by atoms with E-state index in [0.717, 1.165) is 5.76 Å². The molecular weight excluding hydrogens is 192 g/mol. The maximum atomic E-state index is 10.8. The van der Waals surface area contributed by atoms with Crippen molar-refractivity contribution in [2.45, 2.75) is 6.92 Å². The van der Waals surface area contributed by atoms with Crippen LogP contribution in [0.2, 0.25) is 0 Å². The SMILES string of the molecule is Cc1ccc(-c2ccccc2C(=O)[O-])o1. The summed E-state index contributed by atoms with van der Waals surface area (Å²) in [4.78, 5) is 10.8. The van der Waals surface area contributed by atoms with Gasteiger partial charge in [-0.3, -0.25) is 0 Å². The Labute approximate surface area is 87.0 Å². The fraction of sp³-hybridized carbons (Fsp3) is 0.0833. The van der Waals surface area contributed by atoms with Gasteiger partial charge in [0.05, 0.1) is 5.97 Å². The number of carbonyl (C=O) groups is 1. The molecule has 0 bridgehead atoms. The first-order valence-electron chi connectivity index (χ1n) is 4.55. The van der Waals surface area contributed by atoms with Crippen LogP contribution in [-0.4, -0.2) is 5.97 Å². The van der Waals surface area contributed by atoms with E-state index in [9.17, 15) is 9.90 Å². The molecule has 0 spiro atoms. The zero-order valence-corrected chi connectivity index (χ0v) is 8.19. The fourth-order valence-electron chi connectivity index (χ4n) is 1.46. The Hall–Kier alpha value is -2.03. The van der Waals surface area contributed by atoms with Crippen LogP contribution < -0.4 is 5.11 Å². The summed E-state index contributed by atoms with van der Waals surface area (Å²) in [5.41, 5.74) is 0.692. The predicted octanol–water partition coefficient (Wildman–Crippen LogP) is 1.62. The van der Waals surface area contributed by atoms with Crippen molar-refractivity contribution in [1.29, 1.82) is 0 Å². The fourth-order valence-corrected chi connectivity index (χ4v) is 1.46. The summed E-state index contributed by atoms with van der Waals surface area (Å²) in [7, 11) is 0. The van der Waals surface area contributed by atoms with Gasteiger partial charge in [-0.25, -0.2) is 0 Å². The van der Waals surface area contributed by atoms with E-state index in [1.54, 1.807) is 30.3 Å². The molecular formula is C12H9O3-. The van der Waals surface area contributed by atoms with Crippen LogP contribution in [0.25, 0.3) is 11.3 Å². The number of aromatic carboxylic acids is 1. The number of benzene rings is 1. The number of rotatable bonds is 2. The molecule has 0 aliphatic heterocycles. The topological polar surface area (TPSA) is 53.3 Å². The third-order valence-electron chi connectivity index (χ3n) is 2.15. The molecule has 1 heterocycles. The van der Waals surface area contributed by atoms with Crippen molar-refractivity contribution in [1.82, 2.24) is 0 Å². The highest BCUT2D eigenvalue weighted by Crippen LogP contribution is 2.25. The highest BCUT2D eigenvalue weighted by molar-refractivity contribution is 5.93. The number of carbonyl (C=O) groups excluding carboxylic acids is 1. The molecule has 0 N–H and O–H groups in total. The van der Waals surface area contributed by atoms with Gasteiger partial charge in [-0.1, -0.05) is 24.3 Å². The predicted molar refractivity (Wildman–Crippen MR) is 53.2 cm³/mol. The Balaban J connectivity index is 2.57. The molecule has 0 saturated carbocycles. The molecule has 2 rings (SSSR count). The number of furan rings is 1. The van der Waals surface area contributed by atoms with Crippen molar-refractivity contribution in [3.63, 3.8) is 0 Å². The molecule has 0 aliphatic carbocycles. The Morgan fingerprint density at radius 3 is 2.53 bits per heavy atom. The molecule has 1 aromatic heterocycles. The first-order valence-corrected chi connectivity index (χ1v) is 4.55. The summed E-state index contributed by atoms with van der Waals surface area (Å²) in [6.07, 6.45) is 0. The van der Waals surface area contributed by atoms with E-state index >= 15 is 0 Å². The minimum atomic E-state index is -1.19. The highest BCUT2D eigenvalue weighted by atomic mass is 16.4. The lowest BCUT2D eigenvalue weighted by Crippen LogP contribution is -2.22. The number of carboxylic acids is 1. The number of aryl methyl sites for hydroxylation is 1. The lowest BCUT2D eigenvalue weighted by molar-refractivity contribution is -0.254. The van der Waals surface area contributed by atoms with Gasteiger partial charge in [0.2, 0.25) is 0 Å². The Morgan fingerprint density at radius 2 is 1.93 bits per heavy atom. The second-order valence-electron chi connectivity index (χ2n) is 3.24.